The summed E-state index contributed by atoms with van der Waals surface area (Å²) < 4.78 is 26.7. The summed E-state index contributed by atoms with van der Waals surface area (Å²) in [7, 11) is -2.28. The molecule has 0 radical (unpaired) electrons. The lowest BCUT2D eigenvalue weighted by atomic mass is 10.2. The Morgan fingerprint density at radius 3 is 2.76 bits per heavy atom. The monoisotopic (exact) mass is 443 g/mol. The fourth-order valence-electron chi connectivity index (χ4n) is 2.71. The Hall–Kier alpha value is -1.29. The van der Waals surface area contributed by atoms with Crippen LogP contribution in [0.3, 0.4) is 0 Å². The minimum Gasteiger partial charge on any atom is -0.298 e. The van der Waals surface area contributed by atoms with Crippen LogP contribution in [0.25, 0.3) is 0 Å². The molecule has 1 aromatic heterocycles. The van der Waals surface area contributed by atoms with Crippen molar-refractivity contribution in [2.24, 2.45) is 0 Å². The van der Waals surface area contributed by atoms with Crippen molar-refractivity contribution in [3.05, 3.63) is 38.8 Å². The van der Waals surface area contributed by atoms with Gasteiger partial charge in [-0.25, -0.2) is 18.1 Å². The highest BCUT2D eigenvalue weighted by atomic mass is 79.9. The maximum Gasteiger partial charge on any atom is 0.258 e. The third-order valence-electron chi connectivity index (χ3n) is 4.08. The van der Waals surface area contributed by atoms with E-state index in [1.807, 2.05) is 0 Å². The lowest BCUT2D eigenvalue weighted by Crippen LogP contribution is -2.20. The van der Waals surface area contributed by atoms with Crippen molar-refractivity contribution in [3.8, 4) is 0 Å². The number of fused-ring (bicyclic) bond motifs is 1. The van der Waals surface area contributed by atoms with E-state index in [-0.39, 0.29) is 16.4 Å². The van der Waals surface area contributed by atoms with Crippen LogP contribution in [-0.2, 0) is 22.9 Å². The molecule has 1 aromatic carbocycles. The van der Waals surface area contributed by atoms with Crippen LogP contribution in [0.2, 0.25) is 0 Å². The Morgan fingerprint density at radius 2 is 2.00 bits per heavy atom. The minimum atomic E-state index is -3.61. The Labute approximate surface area is 159 Å². The molecule has 2 aromatic rings. The SMILES string of the molecule is CNS(=O)(=O)c1ccc(Br)c(C(=O)Nc2nc3c(s2)CCCCC3)c1. The molecule has 1 aliphatic carbocycles. The Kier molecular flexibility index (Phi) is 5.57. The van der Waals surface area contributed by atoms with E-state index in [1.165, 1.54) is 41.8 Å². The van der Waals surface area contributed by atoms with Crippen LogP contribution >= 0.6 is 27.3 Å². The second-order valence-electron chi connectivity index (χ2n) is 5.75. The van der Waals surface area contributed by atoms with Gasteiger partial charge in [-0.3, -0.25) is 10.1 Å². The van der Waals surface area contributed by atoms with Gasteiger partial charge in [0.1, 0.15) is 0 Å². The summed E-state index contributed by atoms with van der Waals surface area (Å²) in [6, 6.07) is 4.35. The first kappa shape index (κ1) is 18.5. The number of carbonyl (C=O) groups is 1. The molecule has 0 atom stereocenters. The fourth-order valence-corrected chi connectivity index (χ4v) is 4.94. The summed E-state index contributed by atoms with van der Waals surface area (Å²) in [5.74, 6) is -0.385. The summed E-state index contributed by atoms with van der Waals surface area (Å²) in [6.07, 6.45) is 5.44. The molecule has 3 rings (SSSR count). The molecule has 0 aliphatic heterocycles. The van der Waals surface area contributed by atoms with Crippen molar-refractivity contribution in [1.29, 1.82) is 0 Å². The Balaban J connectivity index is 1.85. The zero-order valence-corrected chi connectivity index (χ0v) is 16.9. The average molecular weight is 444 g/mol. The Morgan fingerprint density at radius 1 is 1.24 bits per heavy atom. The molecule has 9 heteroatoms. The molecule has 0 spiro atoms. The number of sulfonamides is 1. The third kappa shape index (κ3) is 4.11. The average Bonchev–Trinajstić information content (AvgIpc) is 2.83. The van der Waals surface area contributed by atoms with E-state index in [4.69, 9.17) is 0 Å². The summed E-state index contributed by atoms with van der Waals surface area (Å²) in [5, 5.41) is 3.36. The lowest BCUT2D eigenvalue weighted by Gasteiger charge is -2.08. The van der Waals surface area contributed by atoms with E-state index in [2.05, 4.69) is 31.0 Å². The molecule has 1 aliphatic rings. The predicted molar refractivity (Wildman–Crippen MR) is 102 cm³/mol. The number of nitrogens with zero attached hydrogens (tertiary/aromatic N) is 1. The van der Waals surface area contributed by atoms with Gasteiger partial charge in [-0.05, 0) is 66.9 Å². The zero-order chi connectivity index (χ0) is 18.0. The number of amides is 1. The lowest BCUT2D eigenvalue weighted by molar-refractivity contribution is 0.102. The van der Waals surface area contributed by atoms with Gasteiger partial charge < -0.3 is 0 Å². The molecule has 0 bridgehead atoms. The van der Waals surface area contributed by atoms with Crippen molar-refractivity contribution >= 4 is 48.3 Å². The Bertz CT molecular complexity index is 886. The van der Waals surface area contributed by atoms with Crippen molar-refractivity contribution in [2.75, 3.05) is 12.4 Å². The van der Waals surface area contributed by atoms with Gasteiger partial charge in [0.25, 0.3) is 5.91 Å². The summed E-state index contributed by atoms with van der Waals surface area (Å²) in [4.78, 5) is 18.4. The third-order valence-corrected chi connectivity index (χ3v) is 7.25. The molecule has 0 fully saturated rings. The smallest absolute Gasteiger partial charge is 0.258 e. The number of anilines is 1. The molecule has 0 saturated carbocycles. The molecule has 1 heterocycles. The van der Waals surface area contributed by atoms with E-state index in [0.717, 1.165) is 31.4 Å². The normalized spacial score (nSPS) is 14.6. The van der Waals surface area contributed by atoms with Crippen LogP contribution < -0.4 is 10.0 Å². The molecule has 2 N–H and O–H groups in total. The first-order chi connectivity index (χ1) is 11.9. The summed E-state index contributed by atoms with van der Waals surface area (Å²) >= 11 is 4.81. The van der Waals surface area contributed by atoms with Crippen LogP contribution in [-0.4, -0.2) is 26.4 Å². The molecular formula is C16H18BrN3O3S2. The van der Waals surface area contributed by atoms with Gasteiger partial charge in [0, 0.05) is 9.35 Å². The molecule has 0 saturated heterocycles. The van der Waals surface area contributed by atoms with Gasteiger partial charge in [-0.2, -0.15) is 0 Å². The van der Waals surface area contributed by atoms with Crippen LogP contribution in [0.4, 0.5) is 5.13 Å². The van der Waals surface area contributed by atoms with Crippen LogP contribution in [0.1, 0.15) is 40.2 Å². The van der Waals surface area contributed by atoms with E-state index in [9.17, 15) is 13.2 Å². The summed E-state index contributed by atoms with van der Waals surface area (Å²) in [5.41, 5.74) is 1.32. The number of aryl methyl sites for hydroxylation is 2. The van der Waals surface area contributed by atoms with E-state index < -0.39 is 10.0 Å². The molecule has 134 valence electrons. The van der Waals surface area contributed by atoms with Crippen LogP contribution in [0.15, 0.2) is 27.6 Å². The second-order valence-corrected chi connectivity index (χ2v) is 9.58. The standard InChI is InChI=1S/C16H18BrN3O3S2/c1-18-25(22,23)10-7-8-12(17)11(9-10)15(21)20-16-19-13-5-3-2-4-6-14(13)24-16/h7-9,18H,2-6H2,1H3,(H,19,20,21). The molecule has 1 amide bonds. The van der Waals surface area contributed by atoms with E-state index in [0.29, 0.717) is 9.60 Å². The quantitative estimate of drug-likeness (QED) is 0.709. The number of hydrogen-bond acceptors (Lipinski definition) is 5. The molecule has 6 nitrogen and oxygen atoms in total. The number of carbonyl (C=O) groups excluding carboxylic acids is 1. The highest BCUT2D eigenvalue weighted by Crippen LogP contribution is 2.30. The second kappa shape index (κ2) is 7.53. The van der Waals surface area contributed by atoms with Gasteiger partial charge in [-0.1, -0.05) is 6.42 Å². The van der Waals surface area contributed by atoms with Crippen LogP contribution in [0, 0.1) is 0 Å². The van der Waals surface area contributed by atoms with Crippen LogP contribution in [0.5, 0.6) is 0 Å². The highest BCUT2D eigenvalue weighted by molar-refractivity contribution is 9.10. The number of benzene rings is 1. The van der Waals surface area contributed by atoms with Crippen molar-refractivity contribution in [2.45, 2.75) is 37.0 Å². The molecule has 25 heavy (non-hydrogen) atoms. The number of rotatable bonds is 4. The fraction of sp³-hybridized carbons (Fsp3) is 0.375. The molecule has 0 unspecified atom stereocenters. The van der Waals surface area contributed by atoms with Gasteiger partial charge in [0.2, 0.25) is 10.0 Å². The number of halogens is 1. The van der Waals surface area contributed by atoms with Gasteiger partial charge >= 0.3 is 0 Å². The van der Waals surface area contributed by atoms with Gasteiger partial charge in [0.15, 0.2) is 5.13 Å². The van der Waals surface area contributed by atoms with Crippen molar-refractivity contribution < 1.29 is 13.2 Å². The van der Waals surface area contributed by atoms with Crippen molar-refractivity contribution in [3.63, 3.8) is 0 Å². The van der Waals surface area contributed by atoms with E-state index in [1.54, 1.807) is 6.07 Å². The van der Waals surface area contributed by atoms with Gasteiger partial charge in [-0.15, -0.1) is 11.3 Å². The largest absolute Gasteiger partial charge is 0.298 e. The number of hydrogen-bond donors (Lipinski definition) is 2. The first-order valence-corrected chi connectivity index (χ1v) is 11.0. The topological polar surface area (TPSA) is 88.2 Å². The predicted octanol–water partition coefficient (Wildman–Crippen LogP) is 3.33. The van der Waals surface area contributed by atoms with Gasteiger partial charge in [0.05, 0.1) is 16.2 Å². The molecular weight excluding hydrogens is 426 g/mol. The summed E-state index contributed by atoms with van der Waals surface area (Å²) in [6.45, 7) is 0. The number of aromatic nitrogens is 1. The maximum atomic E-state index is 12.6. The first-order valence-electron chi connectivity index (χ1n) is 7.94. The highest BCUT2D eigenvalue weighted by Gasteiger charge is 2.20. The minimum absolute atomic E-state index is 0.0401. The number of nitrogens with one attached hydrogen (secondary N) is 2. The zero-order valence-electron chi connectivity index (χ0n) is 13.6. The van der Waals surface area contributed by atoms with E-state index >= 15 is 0 Å². The number of thiazole rings is 1. The van der Waals surface area contributed by atoms with Crippen molar-refractivity contribution in [1.82, 2.24) is 9.71 Å². The maximum absolute atomic E-state index is 12.6.